The van der Waals surface area contributed by atoms with Crippen molar-refractivity contribution < 1.29 is 4.79 Å². The second kappa shape index (κ2) is 9.79. The Labute approximate surface area is 196 Å². The summed E-state index contributed by atoms with van der Waals surface area (Å²) in [5.41, 5.74) is 5.03. The first kappa shape index (κ1) is 21.7. The molecule has 3 heterocycles. The zero-order valence-corrected chi connectivity index (χ0v) is 19.4. The highest BCUT2D eigenvalue weighted by atomic mass is 16.2. The fraction of sp³-hybridized carbons (Fsp3) is 0.407. The second-order valence-electron chi connectivity index (χ2n) is 9.28. The van der Waals surface area contributed by atoms with Crippen LogP contribution in [0.4, 0.5) is 4.79 Å². The molecule has 0 radical (unpaired) electrons. The highest BCUT2D eigenvalue weighted by Gasteiger charge is 2.36. The van der Waals surface area contributed by atoms with E-state index >= 15 is 0 Å². The Balaban J connectivity index is 1.44. The monoisotopic (exact) mass is 443 g/mol. The molecule has 2 amide bonds. The van der Waals surface area contributed by atoms with Crippen molar-refractivity contribution in [2.24, 2.45) is 7.05 Å². The van der Waals surface area contributed by atoms with Crippen molar-refractivity contribution in [2.75, 3.05) is 19.6 Å². The zero-order valence-electron chi connectivity index (χ0n) is 19.4. The number of fused-ring (bicyclic) bond motifs is 1. The van der Waals surface area contributed by atoms with Crippen LogP contribution in [0.15, 0.2) is 67.0 Å². The fourth-order valence-corrected chi connectivity index (χ4v) is 5.38. The maximum Gasteiger partial charge on any atom is 0.318 e. The van der Waals surface area contributed by atoms with Crippen molar-refractivity contribution in [3.63, 3.8) is 0 Å². The maximum atomic E-state index is 13.6. The Bertz CT molecular complexity index is 1070. The van der Waals surface area contributed by atoms with E-state index < -0.39 is 0 Å². The van der Waals surface area contributed by atoms with E-state index in [9.17, 15) is 4.79 Å². The highest BCUT2D eigenvalue weighted by molar-refractivity contribution is 5.76. The number of benzene rings is 2. The van der Waals surface area contributed by atoms with Crippen LogP contribution in [0.25, 0.3) is 0 Å². The summed E-state index contributed by atoms with van der Waals surface area (Å²) in [5, 5.41) is 7.52. The first-order valence-corrected chi connectivity index (χ1v) is 12.1. The molecule has 1 fully saturated rings. The Morgan fingerprint density at radius 1 is 1.03 bits per heavy atom. The van der Waals surface area contributed by atoms with Crippen LogP contribution >= 0.6 is 0 Å². The lowest BCUT2D eigenvalue weighted by Gasteiger charge is -2.43. The van der Waals surface area contributed by atoms with Gasteiger partial charge in [-0.25, -0.2) is 4.79 Å². The standard InChI is InChI=1S/C27H33N5O/c1-30-19-21(18-29-30)20-31-16-13-24(14-17-31)32-26(23-9-3-2-4-10-23)25-12-6-5-8-22(25)11-7-15-28-27(32)33/h2-6,8-10,12,18-19,24,26H,7,11,13-17,20H2,1H3,(H,28,33). The number of nitrogens with one attached hydrogen (secondary N) is 1. The summed E-state index contributed by atoms with van der Waals surface area (Å²) in [6, 6.07) is 19.4. The predicted molar refractivity (Wildman–Crippen MR) is 130 cm³/mol. The van der Waals surface area contributed by atoms with Crippen LogP contribution in [0, 0.1) is 0 Å². The van der Waals surface area contributed by atoms with Crippen molar-refractivity contribution in [1.82, 2.24) is 24.9 Å². The number of carbonyl (C=O) groups excluding carboxylic acids is 1. The molecule has 0 spiro atoms. The average Bonchev–Trinajstić information content (AvgIpc) is 3.28. The Morgan fingerprint density at radius 2 is 1.79 bits per heavy atom. The van der Waals surface area contributed by atoms with Crippen molar-refractivity contribution in [1.29, 1.82) is 0 Å². The number of amides is 2. The molecule has 1 N–H and O–H groups in total. The van der Waals surface area contributed by atoms with E-state index in [0.717, 1.165) is 45.3 Å². The summed E-state index contributed by atoms with van der Waals surface area (Å²) >= 11 is 0. The van der Waals surface area contributed by atoms with Gasteiger partial charge in [-0.3, -0.25) is 9.58 Å². The lowest BCUT2D eigenvalue weighted by molar-refractivity contribution is 0.101. The molecule has 6 nitrogen and oxygen atoms in total. The van der Waals surface area contributed by atoms with Crippen molar-refractivity contribution in [3.8, 4) is 0 Å². The van der Waals surface area contributed by atoms with E-state index in [1.807, 2.05) is 24.0 Å². The van der Waals surface area contributed by atoms with Gasteiger partial charge in [0.15, 0.2) is 0 Å². The van der Waals surface area contributed by atoms with E-state index in [1.54, 1.807) is 0 Å². The van der Waals surface area contributed by atoms with Gasteiger partial charge in [0.2, 0.25) is 0 Å². The van der Waals surface area contributed by atoms with Crippen molar-refractivity contribution in [2.45, 2.75) is 44.3 Å². The number of aryl methyl sites for hydroxylation is 2. The molecule has 2 aliphatic heterocycles. The molecule has 33 heavy (non-hydrogen) atoms. The number of nitrogens with zero attached hydrogens (tertiary/aromatic N) is 4. The number of carbonyl (C=O) groups is 1. The zero-order chi connectivity index (χ0) is 22.6. The van der Waals surface area contributed by atoms with Gasteiger partial charge in [0.05, 0.1) is 12.2 Å². The molecule has 1 saturated heterocycles. The van der Waals surface area contributed by atoms with Gasteiger partial charge < -0.3 is 10.2 Å². The van der Waals surface area contributed by atoms with E-state index in [4.69, 9.17) is 0 Å². The third kappa shape index (κ3) is 4.81. The van der Waals surface area contributed by atoms with Crippen LogP contribution in [-0.2, 0) is 20.0 Å². The maximum absolute atomic E-state index is 13.6. The normalized spacial score (nSPS) is 20.5. The number of rotatable bonds is 4. The molecular weight excluding hydrogens is 410 g/mol. The molecule has 2 aromatic carbocycles. The summed E-state index contributed by atoms with van der Waals surface area (Å²) in [6.45, 7) is 3.59. The first-order chi connectivity index (χ1) is 16.2. The largest absolute Gasteiger partial charge is 0.338 e. The molecule has 172 valence electrons. The molecule has 5 rings (SSSR count). The summed E-state index contributed by atoms with van der Waals surface area (Å²) in [6.07, 6.45) is 7.92. The smallest absolute Gasteiger partial charge is 0.318 e. The predicted octanol–water partition coefficient (Wildman–Crippen LogP) is 4.13. The molecule has 6 heteroatoms. The number of likely N-dealkylation sites (tertiary alicyclic amines) is 1. The molecule has 0 saturated carbocycles. The molecule has 1 atom stereocenters. The minimum atomic E-state index is -0.0737. The Morgan fingerprint density at radius 3 is 2.55 bits per heavy atom. The Hall–Kier alpha value is -3.12. The molecule has 3 aromatic rings. The number of hydrogen-bond donors (Lipinski definition) is 1. The molecule has 1 aromatic heterocycles. The minimum Gasteiger partial charge on any atom is -0.338 e. The van der Waals surface area contributed by atoms with Crippen LogP contribution in [-0.4, -0.2) is 51.3 Å². The van der Waals surface area contributed by atoms with Crippen LogP contribution in [0.2, 0.25) is 0 Å². The number of urea groups is 1. The number of piperidine rings is 1. The van der Waals surface area contributed by atoms with Crippen molar-refractivity contribution in [3.05, 3.63) is 89.2 Å². The van der Waals surface area contributed by atoms with Crippen LogP contribution < -0.4 is 5.32 Å². The van der Waals surface area contributed by atoms with Gasteiger partial charge in [0.1, 0.15) is 0 Å². The van der Waals surface area contributed by atoms with Gasteiger partial charge in [-0.2, -0.15) is 5.10 Å². The summed E-state index contributed by atoms with van der Waals surface area (Å²) in [5.74, 6) is 0. The molecule has 0 bridgehead atoms. The number of aromatic nitrogens is 2. The topological polar surface area (TPSA) is 53.4 Å². The molecule has 1 unspecified atom stereocenters. The average molecular weight is 444 g/mol. The number of hydrogen-bond acceptors (Lipinski definition) is 3. The van der Waals surface area contributed by atoms with E-state index in [2.05, 4.69) is 74.9 Å². The lowest BCUT2D eigenvalue weighted by atomic mass is 9.89. The van der Waals surface area contributed by atoms with Crippen LogP contribution in [0.5, 0.6) is 0 Å². The molecule has 0 aliphatic carbocycles. The van der Waals surface area contributed by atoms with Crippen molar-refractivity contribution >= 4 is 6.03 Å². The van der Waals surface area contributed by atoms with E-state index in [0.29, 0.717) is 6.54 Å². The van der Waals surface area contributed by atoms with Gasteiger partial charge in [-0.15, -0.1) is 0 Å². The van der Waals surface area contributed by atoms with Gasteiger partial charge in [-0.05, 0) is 42.4 Å². The van der Waals surface area contributed by atoms with Gasteiger partial charge in [0.25, 0.3) is 0 Å². The summed E-state index contributed by atoms with van der Waals surface area (Å²) < 4.78 is 1.86. The lowest BCUT2D eigenvalue weighted by Crippen LogP contribution is -2.52. The van der Waals surface area contributed by atoms with Gasteiger partial charge in [-0.1, -0.05) is 54.6 Å². The second-order valence-corrected chi connectivity index (χ2v) is 9.28. The summed E-state index contributed by atoms with van der Waals surface area (Å²) in [7, 11) is 1.96. The summed E-state index contributed by atoms with van der Waals surface area (Å²) in [4.78, 5) is 18.2. The van der Waals surface area contributed by atoms with E-state index in [1.165, 1.54) is 22.3 Å². The Kier molecular flexibility index (Phi) is 6.44. The quantitative estimate of drug-likeness (QED) is 0.660. The third-order valence-corrected chi connectivity index (χ3v) is 6.99. The first-order valence-electron chi connectivity index (χ1n) is 12.1. The molecule has 2 aliphatic rings. The van der Waals surface area contributed by atoms with Crippen LogP contribution in [0.3, 0.4) is 0 Å². The highest BCUT2D eigenvalue weighted by Crippen LogP contribution is 2.36. The SMILES string of the molecule is Cn1cc(CN2CCC(N3C(=O)NCCCc4ccccc4C3c3ccccc3)CC2)cn1. The van der Waals surface area contributed by atoms with Gasteiger partial charge in [0, 0.05) is 51.0 Å². The molecular formula is C27H33N5O. The fourth-order valence-electron chi connectivity index (χ4n) is 5.38. The van der Waals surface area contributed by atoms with Gasteiger partial charge >= 0.3 is 6.03 Å². The van der Waals surface area contributed by atoms with Crippen LogP contribution in [0.1, 0.15) is 47.6 Å². The van der Waals surface area contributed by atoms with E-state index in [-0.39, 0.29) is 18.1 Å². The minimum absolute atomic E-state index is 0.0614. The third-order valence-electron chi connectivity index (χ3n) is 6.99.